The number of aliphatic hydroxyl groups excluding tert-OH is 1. The summed E-state index contributed by atoms with van der Waals surface area (Å²) in [5.74, 6) is 1.71. The van der Waals surface area contributed by atoms with Crippen LogP contribution in [0.4, 0.5) is 0 Å². The maximum absolute atomic E-state index is 8.81. The van der Waals surface area contributed by atoms with Crippen LogP contribution in [0.2, 0.25) is 0 Å². The number of nitrogens with zero attached hydrogens (tertiary/aromatic N) is 1. The highest BCUT2D eigenvalue weighted by Crippen LogP contribution is 2.26. The molecule has 108 valence electrons. The molecule has 0 radical (unpaired) electrons. The molecule has 0 aromatic carbocycles. The van der Waals surface area contributed by atoms with Crippen molar-refractivity contribution in [2.24, 2.45) is 10.9 Å². The Kier molecular flexibility index (Phi) is 10.8. The maximum Gasteiger partial charge on any atom is 0.191 e. The lowest BCUT2D eigenvalue weighted by Gasteiger charge is -2.30. The maximum atomic E-state index is 8.81. The minimum Gasteiger partial charge on any atom is -0.394 e. The Hall–Kier alpha value is -0.0400. The van der Waals surface area contributed by atoms with Gasteiger partial charge in [0, 0.05) is 12.6 Å². The van der Waals surface area contributed by atoms with Crippen molar-refractivity contribution >= 4 is 29.9 Å². The molecule has 18 heavy (non-hydrogen) atoms. The number of halogens is 1. The summed E-state index contributed by atoms with van der Waals surface area (Å²) in [6, 6.07) is 0.546. The minimum absolute atomic E-state index is 0. The topological polar surface area (TPSA) is 56.7 Å². The Morgan fingerprint density at radius 1 is 1.33 bits per heavy atom. The number of hydrogen-bond acceptors (Lipinski definition) is 2. The average molecular weight is 369 g/mol. The Morgan fingerprint density at radius 3 is 2.72 bits per heavy atom. The molecule has 0 amide bonds. The fourth-order valence-corrected chi connectivity index (χ4v) is 2.47. The van der Waals surface area contributed by atoms with Crippen molar-refractivity contribution in [2.45, 2.75) is 52.0 Å². The van der Waals surface area contributed by atoms with Crippen LogP contribution < -0.4 is 10.6 Å². The zero-order valence-electron chi connectivity index (χ0n) is 11.6. The fourth-order valence-electron chi connectivity index (χ4n) is 2.47. The molecule has 1 saturated carbocycles. The van der Waals surface area contributed by atoms with E-state index in [-0.39, 0.29) is 30.6 Å². The van der Waals surface area contributed by atoms with Gasteiger partial charge < -0.3 is 15.7 Å². The lowest BCUT2D eigenvalue weighted by Crippen LogP contribution is -2.45. The first-order chi connectivity index (χ1) is 8.30. The van der Waals surface area contributed by atoms with Crippen molar-refractivity contribution in [3.63, 3.8) is 0 Å². The van der Waals surface area contributed by atoms with Crippen LogP contribution in [0.15, 0.2) is 4.99 Å². The summed E-state index contributed by atoms with van der Waals surface area (Å²) in [7, 11) is 0. The van der Waals surface area contributed by atoms with Gasteiger partial charge in [-0.05, 0) is 25.7 Å². The van der Waals surface area contributed by atoms with Gasteiger partial charge in [0.1, 0.15) is 0 Å². The molecule has 0 aliphatic heterocycles. The van der Waals surface area contributed by atoms with Crippen molar-refractivity contribution in [1.29, 1.82) is 0 Å². The van der Waals surface area contributed by atoms with E-state index >= 15 is 0 Å². The third-order valence-electron chi connectivity index (χ3n) is 3.42. The van der Waals surface area contributed by atoms with E-state index in [9.17, 15) is 0 Å². The largest absolute Gasteiger partial charge is 0.394 e. The quantitative estimate of drug-likeness (QED) is 0.395. The number of aliphatic imine (C=N–C) groups is 1. The summed E-state index contributed by atoms with van der Waals surface area (Å²) in [6.45, 7) is 5.78. The predicted molar refractivity (Wildman–Crippen MR) is 87.7 cm³/mol. The molecular weight excluding hydrogens is 341 g/mol. The van der Waals surface area contributed by atoms with E-state index in [1.54, 1.807) is 0 Å². The van der Waals surface area contributed by atoms with E-state index in [1.807, 2.05) is 0 Å². The number of rotatable bonds is 5. The van der Waals surface area contributed by atoms with Crippen molar-refractivity contribution in [3.05, 3.63) is 0 Å². The predicted octanol–water partition coefficient (Wildman–Crippen LogP) is 2.12. The lowest BCUT2D eigenvalue weighted by molar-refractivity contribution is 0.296. The fraction of sp³-hybridized carbons (Fsp3) is 0.923. The van der Waals surface area contributed by atoms with Gasteiger partial charge in [-0.15, -0.1) is 24.0 Å². The van der Waals surface area contributed by atoms with Crippen LogP contribution in [-0.4, -0.2) is 36.8 Å². The zero-order chi connectivity index (χ0) is 12.5. The molecule has 0 heterocycles. The molecule has 4 nitrogen and oxygen atoms in total. The molecule has 0 aromatic rings. The summed E-state index contributed by atoms with van der Waals surface area (Å²) in [5.41, 5.74) is 0. The van der Waals surface area contributed by atoms with Gasteiger partial charge in [0.25, 0.3) is 0 Å². The van der Waals surface area contributed by atoms with E-state index in [4.69, 9.17) is 5.11 Å². The second-order valence-corrected chi connectivity index (χ2v) is 4.77. The van der Waals surface area contributed by atoms with Crippen molar-refractivity contribution in [1.82, 2.24) is 10.6 Å². The summed E-state index contributed by atoms with van der Waals surface area (Å²) in [5, 5.41) is 15.5. The molecule has 1 aliphatic rings. The van der Waals surface area contributed by atoms with E-state index in [1.165, 1.54) is 32.1 Å². The second kappa shape index (κ2) is 10.8. The number of hydrogen-bond donors (Lipinski definition) is 3. The molecule has 0 spiro atoms. The van der Waals surface area contributed by atoms with Crippen LogP contribution in [0.3, 0.4) is 0 Å². The Balaban J connectivity index is 0.00000289. The van der Waals surface area contributed by atoms with Crippen LogP contribution >= 0.6 is 24.0 Å². The summed E-state index contributed by atoms with van der Waals surface area (Å²) in [4.78, 5) is 4.32. The molecule has 3 N–H and O–H groups in total. The minimum atomic E-state index is 0. The molecule has 0 aromatic heterocycles. The Morgan fingerprint density at radius 2 is 2.11 bits per heavy atom. The van der Waals surface area contributed by atoms with E-state index in [2.05, 4.69) is 29.5 Å². The summed E-state index contributed by atoms with van der Waals surface area (Å²) in [6.07, 6.45) is 6.46. The second-order valence-electron chi connectivity index (χ2n) is 4.77. The highest BCUT2D eigenvalue weighted by molar-refractivity contribution is 14.0. The molecular formula is C13H28IN3O. The van der Waals surface area contributed by atoms with Crippen molar-refractivity contribution in [3.8, 4) is 0 Å². The standard InChI is InChI=1S/C13H27N3O.HI/c1-3-11-6-5-7-12(10-11)16-13(14-4-2)15-8-9-17;/h11-12,17H,3-10H2,1-2H3,(H2,14,15,16);1H. The molecule has 0 saturated heterocycles. The third kappa shape index (κ3) is 6.78. The van der Waals surface area contributed by atoms with Crippen LogP contribution in [0.1, 0.15) is 46.0 Å². The first-order valence-corrected chi connectivity index (χ1v) is 6.95. The van der Waals surface area contributed by atoms with Crippen molar-refractivity contribution < 1.29 is 5.11 Å². The number of nitrogens with one attached hydrogen (secondary N) is 2. The van der Waals surface area contributed by atoms with Crippen LogP contribution in [-0.2, 0) is 0 Å². The third-order valence-corrected chi connectivity index (χ3v) is 3.42. The Labute approximate surface area is 128 Å². The van der Waals surface area contributed by atoms with E-state index < -0.39 is 0 Å². The highest BCUT2D eigenvalue weighted by atomic mass is 127. The first-order valence-electron chi connectivity index (χ1n) is 6.95. The summed E-state index contributed by atoms with van der Waals surface area (Å²) < 4.78 is 0. The molecule has 5 heteroatoms. The van der Waals surface area contributed by atoms with Gasteiger partial charge in [0.15, 0.2) is 5.96 Å². The SMILES string of the molecule is CCNC(=NCCO)NC1CCCC(CC)C1.I. The molecule has 1 aliphatic carbocycles. The monoisotopic (exact) mass is 369 g/mol. The van der Waals surface area contributed by atoms with Gasteiger partial charge in [-0.3, -0.25) is 4.99 Å². The number of aliphatic hydroxyl groups is 1. The van der Waals surface area contributed by atoms with Crippen LogP contribution in [0.25, 0.3) is 0 Å². The van der Waals surface area contributed by atoms with Gasteiger partial charge in [-0.2, -0.15) is 0 Å². The average Bonchev–Trinajstić information content (AvgIpc) is 2.36. The van der Waals surface area contributed by atoms with E-state index in [0.717, 1.165) is 18.4 Å². The van der Waals surface area contributed by atoms with Gasteiger partial charge in [0.05, 0.1) is 13.2 Å². The highest BCUT2D eigenvalue weighted by Gasteiger charge is 2.21. The van der Waals surface area contributed by atoms with Gasteiger partial charge in [-0.25, -0.2) is 0 Å². The van der Waals surface area contributed by atoms with E-state index in [0.29, 0.717) is 12.6 Å². The smallest absolute Gasteiger partial charge is 0.191 e. The first kappa shape index (κ1) is 18.0. The zero-order valence-corrected chi connectivity index (χ0v) is 13.9. The molecule has 1 rings (SSSR count). The molecule has 2 unspecified atom stereocenters. The van der Waals surface area contributed by atoms with Gasteiger partial charge >= 0.3 is 0 Å². The Bertz CT molecular complexity index is 236. The van der Waals surface area contributed by atoms with Gasteiger partial charge in [0.2, 0.25) is 0 Å². The van der Waals surface area contributed by atoms with Crippen molar-refractivity contribution in [2.75, 3.05) is 19.7 Å². The molecule has 2 atom stereocenters. The van der Waals surface area contributed by atoms with Crippen LogP contribution in [0.5, 0.6) is 0 Å². The van der Waals surface area contributed by atoms with Crippen LogP contribution in [0, 0.1) is 5.92 Å². The summed E-state index contributed by atoms with van der Waals surface area (Å²) >= 11 is 0. The lowest BCUT2D eigenvalue weighted by atomic mass is 9.84. The number of guanidine groups is 1. The normalized spacial score (nSPS) is 24.3. The molecule has 0 bridgehead atoms. The molecule has 1 fully saturated rings. The van der Waals surface area contributed by atoms with Gasteiger partial charge in [-0.1, -0.05) is 26.2 Å².